The number of allylic oxidation sites excluding steroid dienone is 1. The summed E-state index contributed by atoms with van der Waals surface area (Å²) in [7, 11) is -4.45. The molecule has 16 heteroatoms. The van der Waals surface area contributed by atoms with Gasteiger partial charge < -0.3 is 24.9 Å². The molecule has 4 N–H and O–H groups in total. The predicted octanol–water partition coefficient (Wildman–Crippen LogP) is 10.4. The first-order valence-electron chi connectivity index (χ1n) is 21.5. The Morgan fingerprint density at radius 1 is 0.984 bits per heavy atom. The van der Waals surface area contributed by atoms with E-state index in [4.69, 9.17) is 16.3 Å². The van der Waals surface area contributed by atoms with Gasteiger partial charge in [0, 0.05) is 73.7 Å². The number of anilines is 3. The molecule has 9 rings (SSSR count). The van der Waals surface area contributed by atoms with E-state index in [1.807, 2.05) is 36.4 Å². The predicted molar refractivity (Wildman–Crippen MR) is 246 cm³/mol. The summed E-state index contributed by atoms with van der Waals surface area (Å²) < 4.78 is 37.9. The van der Waals surface area contributed by atoms with Crippen LogP contribution in [-0.4, -0.2) is 77.4 Å². The van der Waals surface area contributed by atoms with Gasteiger partial charge >= 0.3 is 0 Å². The lowest BCUT2D eigenvalue weighted by Gasteiger charge is -2.39. The molecule has 0 bridgehead atoms. The maximum atomic E-state index is 14.4. The van der Waals surface area contributed by atoms with Gasteiger partial charge in [-0.1, -0.05) is 62.4 Å². The van der Waals surface area contributed by atoms with Crippen LogP contribution in [0.1, 0.15) is 70.8 Å². The molecule has 0 unspecified atom stereocenters. The summed E-state index contributed by atoms with van der Waals surface area (Å²) in [6.45, 7) is 9.37. The lowest BCUT2D eigenvalue weighted by Crippen LogP contribution is -2.47. The van der Waals surface area contributed by atoms with Gasteiger partial charge in [0.25, 0.3) is 15.7 Å². The van der Waals surface area contributed by atoms with E-state index in [1.165, 1.54) is 29.5 Å². The minimum absolute atomic E-state index is 0.0984. The molecule has 1 aliphatic heterocycles. The number of pyridine rings is 1. The molecule has 0 spiro atoms. The number of aromatic amines is 2. The average Bonchev–Trinajstić information content (AvgIpc) is 3.95. The quantitative estimate of drug-likeness (QED) is 0.0646. The van der Waals surface area contributed by atoms with E-state index in [0.717, 1.165) is 99.8 Å². The molecule has 14 nitrogen and oxygen atoms in total. The number of nitrogens with zero attached hydrogens (tertiary/aromatic N) is 5. The number of piperazine rings is 1. The highest BCUT2D eigenvalue weighted by atomic mass is 35.5. The summed E-state index contributed by atoms with van der Waals surface area (Å²) in [4.78, 5) is 31.3. The van der Waals surface area contributed by atoms with Gasteiger partial charge in [-0.2, -0.15) is 0 Å². The van der Waals surface area contributed by atoms with Crippen molar-refractivity contribution >= 4 is 72.0 Å². The maximum absolute atomic E-state index is 14.4. The minimum Gasteiger partial charge on any atom is -0.453 e. The highest BCUT2D eigenvalue weighted by molar-refractivity contribution is 7.93. The molecule has 0 atom stereocenters. The zero-order valence-electron chi connectivity index (χ0n) is 35.0. The number of benzene rings is 3. The van der Waals surface area contributed by atoms with Crippen LogP contribution in [0.2, 0.25) is 5.02 Å². The number of nitrogens with one attached hydrogen (secondary N) is 4. The van der Waals surface area contributed by atoms with Gasteiger partial charge in [0.05, 0.1) is 28.7 Å². The number of imidazole rings is 1. The number of sulfonamides is 1. The fourth-order valence-corrected chi connectivity index (χ4v) is 10.7. The molecule has 3 aliphatic rings. The van der Waals surface area contributed by atoms with Crippen LogP contribution in [0.3, 0.4) is 0 Å². The zero-order valence-corrected chi connectivity index (χ0v) is 36.6. The smallest absolute Gasteiger partial charge is 0.296 e. The summed E-state index contributed by atoms with van der Waals surface area (Å²) in [5.41, 5.74) is 6.37. The summed E-state index contributed by atoms with van der Waals surface area (Å²) in [5, 5.41) is 17.3. The Labute approximate surface area is 366 Å². The van der Waals surface area contributed by atoms with Crippen LogP contribution < -0.4 is 19.7 Å². The van der Waals surface area contributed by atoms with E-state index in [1.54, 1.807) is 18.5 Å². The molecule has 1 saturated heterocycles. The molecular formula is C46H52ClN9O5S. The molecule has 0 radical (unpaired) electrons. The lowest BCUT2D eigenvalue weighted by atomic mass is 9.72. The van der Waals surface area contributed by atoms with Crippen molar-refractivity contribution in [3.8, 4) is 11.5 Å². The molecule has 62 heavy (non-hydrogen) atoms. The van der Waals surface area contributed by atoms with Crippen molar-refractivity contribution in [3.63, 3.8) is 0 Å². The van der Waals surface area contributed by atoms with Crippen LogP contribution in [0.5, 0.6) is 11.5 Å². The summed E-state index contributed by atoms with van der Waals surface area (Å²) in [6, 6.07) is 18.4. The zero-order chi connectivity index (χ0) is 43.0. The van der Waals surface area contributed by atoms with Gasteiger partial charge in [-0.25, -0.2) is 18.4 Å². The largest absolute Gasteiger partial charge is 0.453 e. The van der Waals surface area contributed by atoms with Crippen molar-refractivity contribution in [1.29, 1.82) is 0 Å². The number of nitro benzene ring substituents is 1. The van der Waals surface area contributed by atoms with Crippen molar-refractivity contribution in [2.24, 2.45) is 11.3 Å². The van der Waals surface area contributed by atoms with E-state index < -0.39 is 14.9 Å². The second kappa shape index (κ2) is 17.3. The van der Waals surface area contributed by atoms with Crippen LogP contribution >= 0.6 is 11.6 Å². The third kappa shape index (κ3) is 8.97. The number of nitro groups is 1. The second-order valence-electron chi connectivity index (χ2n) is 17.7. The molecule has 2 fully saturated rings. The standard InChI is InChI=1S/C46H52ClN9O5S/c1-46(2)16-14-33(37(25-46)31-8-10-34(47)11-9-31)28-54-18-20-55(21-19-54)35-12-13-38(40(23-35)61-36-22-32-15-17-48-45(32)50-27-36)53-62(59,60)41-24-39(56(57)58)42(44-43(41)51-29-52-44)49-26-30-6-4-3-5-7-30/h8-13,15,17,22-24,27,29-30,49,53H,3-7,14,16,18-21,25-26,28H2,1-2H3,(H,48,50)(H,51,52). The number of aromatic nitrogens is 4. The van der Waals surface area contributed by atoms with E-state index in [0.29, 0.717) is 23.9 Å². The van der Waals surface area contributed by atoms with Crippen LogP contribution in [0.15, 0.2) is 89.9 Å². The fourth-order valence-electron chi connectivity index (χ4n) is 9.31. The normalized spacial score (nSPS) is 17.8. The third-order valence-electron chi connectivity index (χ3n) is 12.8. The van der Waals surface area contributed by atoms with E-state index in [-0.39, 0.29) is 44.2 Å². The number of ether oxygens (including phenoxy) is 1. The molecule has 3 aromatic heterocycles. The Balaban J connectivity index is 0.980. The molecule has 324 valence electrons. The maximum Gasteiger partial charge on any atom is 0.296 e. The average molecular weight is 878 g/mol. The number of fused-ring (bicyclic) bond motifs is 2. The highest BCUT2D eigenvalue weighted by Crippen LogP contribution is 2.44. The SMILES string of the molecule is CC1(C)CCC(CN2CCN(c3ccc(NS(=O)(=O)c4cc([N+](=O)[O-])c(NCC5CCCCC5)c5[nH]cnc45)c(Oc4cnc5[nH]ccc5c4)c3)CC2)=C(c2ccc(Cl)cc2)C1. The Kier molecular flexibility index (Phi) is 11.6. The van der Waals surface area contributed by atoms with E-state index in [2.05, 4.69) is 65.8 Å². The highest BCUT2D eigenvalue weighted by Gasteiger charge is 2.32. The van der Waals surface area contributed by atoms with Gasteiger partial charge in [-0.15, -0.1) is 0 Å². The lowest BCUT2D eigenvalue weighted by molar-refractivity contribution is -0.384. The Bertz CT molecular complexity index is 2750. The number of H-pyrrole nitrogens is 2. The summed E-state index contributed by atoms with van der Waals surface area (Å²) >= 11 is 6.26. The number of hydrogen-bond acceptors (Lipinski definition) is 10. The van der Waals surface area contributed by atoms with E-state index >= 15 is 0 Å². The van der Waals surface area contributed by atoms with Crippen LogP contribution in [-0.2, 0) is 10.0 Å². The Morgan fingerprint density at radius 3 is 2.55 bits per heavy atom. The number of halogens is 1. The fraction of sp³-hybridized carbons (Fsp3) is 0.391. The van der Waals surface area contributed by atoms with Gasteiger partial charge in [-0.3, -0.25) is 19.7 Å². The van der Waals surface area contributed by atoms with Crippen LogP contribution in [0.4, 0.5) is 22.7 Å². The Hall–Kier alpha value is -5.64. The topological polar surface area (TPSA) is 174 Å². The first-order chi connectivity index (χ1) is 29.9. The number of rotatable bonds is 13. The molecule has 0 amide bonds. The van der Waals surface area contributed by atoms with Crippen molar-refractivity contribution in [3.05, 3.63) is 106 Å². The minimum atomic E-state index is -4.45. The molecule has 4 heterocycles. The molecular weight excluding hydrogens is 826 g/mol. The van der Waals surface area contributed by atoms with Gasteiger partial charge in [0.1, 0.15) is 27.5 Å². The summed E-state index contributed by atoms with van der Waals surface area (Å²) in [5.74, 6) is 1.05. The monoisotopic (exact) mass is 877 g/mol. The molecule has 1 saturated carbocycles. The molecule has 3 aromatic carbocycles. The number of hydrogen-bond donors (Lipinski definition) is 4. The van der Waals surface area contributed by atoms with Crippen LogP contribution in [0, 0.1) is 21.4 Å². The first kappa shape index (κ1) is 41.7. The van der Waals surface area contributed by atoms with Crippen LogP contribution in [0.25, 0.3) is 27.6 Å². The molecule has 2 aliphatic carbocycles. The van der Waals surface area contributed by atoms with Gasteiger partial charge in [0.15, 0.2) is 5.75 Å². The van der Waals surface area contributed by atoms with Crippen molar-refractivity contribution in [2.75, 3.05) is 54.2 Å². The summed E-state index contributed by atoms with van der Waals surface area (Å²) in [6.07, 6.45) is 13.5. The van der Waals surface area contributed by atoms with Crippen molar-refractivity contribution < 1.29 is 18.1 Å². The second-order valence-corrected chi connectivity index (χ2v) is 19.8. The molecule has 6 aromatic rings. The third-order valence-corrected chi connectivity index (χ3v) is 14.4. The van der Waals surface area contributed by atoms with Gasteiger partial charge in [-0.05, 0) is 91.0 Å². The van der Waals surface area contributed by atoms with E-state index in [9.17, 15) is 18.5 Å². The van der Waals surface area contributed by atoms with Crippen molar-refractivity contribution in [1.82, 2.24) is 24.8 Å². The Morgan fingerprint density at radius 2 is 1.77 bits per heavy atom. The van der Waals surface area contributed by atoms with Crippen molar-refractivity contribution in [2.45, 2.75) is 70.1 Å². The van der Waals surface area contributed by atoms with Gasteiger partial charge in [0.2, 0.25) is 0 Å². The first-order valence-corrected chi connectivity index (χ1v) is 23.4.